The highest BCUT2D eigenvalue weighted by Gasteiger charge is 2.47. The van der Waals surface area contributed by atoms with Crippen LogP contribution in [0.3, 0.4) is 0 Å². The molecule has 1 aliphatic carbocycles. The number of nitrogens with zero attached hydrogens (tertiary/aromatic N) is 4. The van der Waals surface area contributed by atoms with E-state index < -0.39 is 12.0 Å². The zero-order valence-electron chi connectivity index (χ0n) is 11.4. The van der Waals surface area contributed by atoms with Gasteiger partial charge in [-0.2, -0.15) is 0 Å². The first kappa shape index (κ1) is 14.2. The Labute approximate surface area is 125 Å². The van der Waals surface area contributed by atoms with Gasteiger partial charge in [0.2, 0.25) is 0 Å². The number of nitrogens with one attached hydrogen (secondary N) is 1. The van der Waals surface area contributed by atoms with Crippen molar-refractivity contribution in [1.82, 2.24) is 25.2 Å². The summed E-state index contributed by atoms with van der Waals surface area (Å²) < 4.78 is 1.62. The maximum Gasteiger partial charge on any atom is 0.327 e. The number of carboxylic acids is 1. The molecule has 0 spiro atoms. The van der Waals surface area contributed by atoms with Crippen LogP contribution >= 0.6 is 11.8 Å². The summed E-state index contributed by atoms with van der Waals surface area (Å²) in [5.41, 5.74) is 0. The van der Waals surface area contributed by atoms with Gasteiger partial charge in [0.25, 0.3) is 0 Å². The minimum absolute atomic E-state index is 0.00234. The number of aliphatic carboxylic acids is 1. The molecular formula is C12H17N5O3S. The molecule has 2 N–H and O–H groups in total. The van der Waals surface area contributed by atoms with Crippen molar-refractivity contribution in [3.8, 4) is 0 Å². The van der Waals surface area contributed by atoms with Crippen LogP contribution in [-0.2, 0) is 11.3 Å². The van der Waals surface area contributed by atoms with E-state index in [-0.39, 0.29) is 11.4 Å². The molecular weight excluding hydrogens is 294 g/mol. The lowest BCUT2D eigenvalue weighted by Crippen LogP contribution is -2.51. The van der Waals surface area contributed by atoms with Gasteiger partial charge in [-0.1, -0.05) is 5.21 Å². The Morgan fingerprint density at radius 2 is 2.24 bits per heavy atom. The lowest BCUT2D eigenvalue weighted by atomic mass is 10.2. The van der Waals surface area contributed by atoms with Crippen LogP contribution in [-0.4, -0.2) is 60.7 Å². The molecule has 2 amide bonds. The van der Waals surface area contributed by atoms with Gasteiger partial charge in [-0.25, -0.2) is 9.59 Å². The smallest absolute Gasteiger partial charge is 0.327 e. The van der Waals surface area contributed by atoms with E-state index in [1.54, 1.807) is 28.8 Å². The minimum atomic E-state index is -0.933. The number of carbonyl (C=O) groups excluding carboxylic acids is 1. The zero-order chi connectivity index (χ0) is 14.8. The van der Waals surface area contributed by atoms with E-state index in [1.807, 2.05) is 0 Å². The molecule has 0 aromatic carbocycles. The van der Waals surface area contributed by atoms with E-state index in [0.717, 1.165) is 12.8 Å². The topological polar surface area (TPSA) is 100 Å². The molecule has 3 rings (SSSR count). The van der Waals surface area contributed by atoms with E-state index in [9.17, 15) is 14.7 Å². The molecule has 114 valence electrons. The van der Waals surface area contributed by atoms with Crippen molar-refractivity contribution in [3.63, 3.8) is 0 Å². The Morgan fingerprint density at radius 1 is 1.43 bits per heavy atom. The number of aromatic nitrogens is 3. The van der Waals surface area contributed by atoms with Gasteiger partial charge in [0.1, 0.15) is 6.04 Å². The fourth-order valence-electron chi connectivity index (χ4n) is 2.44. The van der Waals surface area contributed by atoms with Crippen LogP contribution in [0.25, 0.3) is 0 Å². The van der Waals surface area contributed by atoms with Gasteiger partial charge in [0.05, 0.1) is 18.1 Å². The third-order valence-corrected chi connectivity index (χ3v) is 5.13. The summed E-state index contributed by atoms with van der Waals surface area (Å²) in [6.45, 7) is 0.908. The standard InChI is InChI=1S/C12H17N5O3S/c18-11(19)9-7-21-10(8-1-2-8)17(9)12(20)13-3-5-16-6-4-14-15-16/h4,6,8-10H,1-3,5,7H2,(H,13,20)(H,18,19). The quantitative estimate of drug-likeness (QED) is 0.807. The Balaban J connectivity index is 1.58. The van der Waals surface area contributed by atoms with Gasteiger partial charge in [-0.05, 0) is 18.8 Å². The Hall–Kier alpha value is -1.77. The first-order valence-electron chi connectivity index (χ1n) is 6.91. The fraction of sp³-hybridized carbons (Fsp3) is 0.667. The highest BCUT2D eigenvalue weighted by molar-refractivity contribution is 8.00. The summed E-state index contributed by atoms with van der Waals surface area (Å²) in [6.07, 6.45) is 5.44. The minimum Gasteiger partial charge on any atom is -0.480 e. The summed E-state index contributed by atoms with van der Waals surface area (Å²) in [7, 11) is 0. The second kappa shape index (κ2) is 5.92. The second-order valence-electron chi connectivity index (χ2n) is 5.22. The largest absolute Gasteiger partial charge is 0.480 e. The number of hydrogen-bond acceptors (Lipinski definition) is 5. The van der Waals surface area contributed by atoms with Crippen molar-refractivity contribution in [1.29, 1.82) is 0 Å². The van der Waals surface area contributed by atoms with Crippen LogP contribution < -0.4 is 5.32 Å². The molecule has 1 saturated heterocycles. The molecule has 1 aromatic heterocycles. The summed E-state index contributed by atoms with van der Waals surface area (Å²) >= 11 is 1.57. The van der Waals surface area contributed by atoms with E-state index >= 15 is 0 Å². The van der Waals surface area contributed by atoms with Gasteiger partial charge in [-0.15, -0.1) is 16.9 Å². The van der Waals surface area contributed by atoms with Gasteiger partial charge >= 0.3 is 12.0 Å². The number of urea groups is 1. The van der Waals surface area contributed by atoms with Gasteiger partial charge in [-0.3, -0.25) is 9.58 Å². The maximum atomic E-state index is 12.3. The van der Waals surface area contributed by atoms with E-state index in [2.05, 4.69) is 15.6 Å². The molecule has 1 aromatic rings. The average Bonchev–Trinajstić information content (AvgIpc) is 3.00. The molecule has 1 aliphatic heterocycles. The number of hydrogen-bond donors (Lipinski definition) is 2. The van der Waals surface area contributed by atoms with Crippen molar-refractivity contribution in [2.75, 3.05) is 12.3 Å². The summed E-state index contributed by atoms with van der Waals surface area (Å²) in [6, 6.07) is -1.03. The molecule has 2 atom stereocenters. The van der Waals surface area contributed by atoms with E-state index in [0.29, 0.717) is 24.8 Å². The molecule has 2 unspecified atom stereocenters. The molecule has 0 bridgehead atoms. The second-order valence-corrected chi connectivity index (χ2v) is 6.37. The highest BCUT2D eigenvalue weighted by Crippen LogP contribution is 2.45. The number of rotatable bonds is 5. The van der Waals surface area contributed by atoms with Crippen LogP contribution in [0.15, 0.2) is 12.4 Å². The van der Waals surface area contributed by atoms with Crippen molar-refractivity contribution >= 4 is 23.8 Å². The number of amides is 2. The molecule has 2 fully saturated rings. The molecule has 0 radical (unpaired) electrons. The number of carboxylic acid groups (broad SMARTS) is 1. The van der Waals surface area contributed by atoms with Crippen LogP contribution in [0.4, 0.5) is 4.79 Å². The molecule has 1 saturated carbocycles. The summed E-state index contributed by atoms with van der Waals surface area (Å²) in [4.78, 5) is 25.1. The SMILES string of the molecule is O=C(O)C1CSC(C2CC2)N1C(=O)NCCn1ccnn1. The first-order valence-corrected chi connectivity index (χ1v) is 7.96. The normalized spacial score (nSPS) is 25.0. The average molecular weight is 311 g/mol. The van der Waals surface area contributed by atoms with Crippen molar-refractivity contribution < 1.29 is 14.7 Å². The monoisotopic (exact) mass is 311 g/mol. The predicted molar refractivity (Wildman–Crippen MR) is 75.7 cm³/mol. The third-order valence-electron chi connectivity index (χ3n) is 3.67. The van der Waals surface area contributed by atoms with E-state index in [4.69, 9.17) is 0 Å². The lowest BCUT2D eigenvalue weighted by Gasteiger charge is -2.27. The first-order chi connectivity index (χ1) is 10.2. The van der Waals surface area contributed by atoms with Crippen molar-refractivity contribution in [2.45, 2.75) is 30.8 Å². The van der Waals surface area contributed by atoms with Crippen molar-refractivity contribution in [3.05, 3.63) is 12.4 Å². The predicted octanol–water partition coefficient (Wildman–Crippen LogP) is 0.226. The van der Waals surface area contributed by atoms with Crippen LogP contribution in [0.2, 0.25) is 0 Å². The van der Waals surface area contributed by atoms with Gasteiger partial charge in [0, 0.05) is 18.5 Å². The van der Waals surface area contributed by atoms with Crippen LogP contribution in [0.5, 0.6) is 0 Å². The fourth-order valence-corrected chi connectivity index (χ4v) is 4.07. The van der Waals surface area contributed by atoms with Gasteiger partial charge < -0.3 is 10.4 Å². The number of carbonyl (C=O) groups is 2. The Morgan fingerprint density at radius 3 is 2.86 bits per heavy atom. The Bertz CT molecular complexity index is 519. The van der Waals surface area contributed by atoms with Crippen molar-refractivity contribution in [2.24, 2.45) is 5.92 Å². The zero-order valence-corrected chi connectivity index (χ0v) is 12.2. The molecule has 9 heteroatoms. The molecule has 8 nitrogen and oxygen atoms in total. The lowest BCUT2D eigenvalue weighted by molar-refractivity contribution is -0.141. The number of thioether (sulfide) groups is 1. The maximum absolute atomic E-state index is 12.3. The molecule has 2 heterocycles. The van der Waals surface area contributed by atoms with E-state index in [1.165, 1.54) is 4.90 Å². The van der Waals surface area contributed by atoms with Crippen LogP contribution in [0, 0.1) is 5.92 Å². The molecule has 2 aliphatic rings. The summed E-state index contributed by atoms with van der Waals surface area (Å²) in [5.74, 6) is -0.0232. The summed E-state index contributed by atoms with van der Waals surface area (Å²) in [5, 5.41) is 19.5. The Kier molecular flexibility index (Phi) is 4.00. The van der Waals surface area contributed by atoms with Crippen LogP contribution in [0.1, 0.15) is 12.8 Å². The highest BCUT2D eigenvalue weighted by atomic mass is 32.2. The molecule has 21 heavy (non-hydrogen) atoms. The third kappa shape index (κ3) is 3.12. The van der Waals surface area contributed by atoms with Gasteiger partial charge in [0.15, 0.2) is 0 Å².